The molecule has 1 aliphatic rings. The topological polar surface area (TPSA) is 41.9 Å². The number of amides is 1. The predicted octanol–water partition coefficient (Wildman–Crippen LogP) is 3.26. The first kappa shape index (κ1) is 14.1. The third-order valence-corrected chi connectivity index (χ3v) is 4.84. The monoisotopic (exact) mass is 296 g/mol. The minimum absolute atomic E-state index is 0.0927. The first-order valence-electron chi connectivity index (χ1n) is 6.20. The van der Waals surface area contributed by atoms with Crippen LogP contribution in [0, 0.1) is 0 Å². The maximum atomic E-state index is 12.5. The highest BCUT2D eigenvalue weighted by Crippen LogP contribution is 2.35. The Balaban J connectivity index is 2.59. The van der Waals surface area contributed by atoms with Crippen molar-refractivity contribution in [2.24, 2.45) is 5.16 Å². The summed E-state index contributed by atoms with van der Waals surface area (Å²) in [5.41, 5.74) is 1.99. The minimum Gasteiger partial charge on any atom is -0.395 e. The molecule has 1 aromatic rings. The Morgan fingerprint density at radius 1 is 1.37 bits per heavy atom. The van der Waals surface area contributed by atoms with Gasteiger partial charge in [-0.3, -0.25) is 4.79 Å². The van der Waals surface area contributed by atoms with Crippen LogP contribution in [0.3, 0.4) is 0 Å². The van der Waals surface area contributed by atoms with E-state index in [9.17, 15) is 4.79 Å². The second kappa shape index (κ2) is 4.98. The fourth-order valence-electron chi connectivity index (χ4n) is 2.11. The SMILES string of the molecule is CCO/N=C1/C(=O)N([Si](C)(C)C)c2ccc(Cl)cc21. The lowest BCUT2D eigenvalue weighted by molar-refractivity contribution is -0.111. The molecule has 0 fully saturated rings. The number of nitrogens with zero attached hydrogens (tertiary/aromatic N) is 2. The van der Waals surface area contributed by atoms with Crippen LogP contribution in [0.5, 0.6) is 0 Å². The molecule has 1 heterocycles. The van der Waals surface area contributed by atoms with Crippen LogP contribution in [0.4, 0.5) is 5.69 Å². The summed E-state index contributed by atoms with van der Waals surface area (Å²) in [6.45, 7) is 8.62. The van der Waals surface area contributed by atoms with E-state index in [0.29, 0.717) is 17.3 Å². The first-order valence-corrected chi connectivity index (χ1v) is 10.0. The molecule has 2 rings (SSSR count). The van der Waals surface area contributed by atoms with E-state index in [1.165, 1.54) is 0 Å². The highest BCUT2D eigenvalue weighted by molar-refractivity contribution is 6.87. The minimum atomic E-state index is -1.83. The number of rotatable bonds is 3. The number of halogens is 1. The second-order valence-electron chi connectivity index (χ2n) is 5.33. The Kier molecular flexibility index (Phi) is 3.69. The molecule has 1 aromatic carbocycles. The van der Waals surface area contributed by atoms with Crippen molar-refractivity contribution in [1.82, 2.24) is 0 Å². The number of hydrogen-bond donors (Lipinski definition) is 0. The van der Waals surface area contributed by atoms with Gasteiger partial charge in [-0.2, -0.15) is 0 Å². The van der Waals surface area contributed by atoms with Gasteiger partial charge in [-0.05, 0) is 25.1 Å². The molecule has 4 nitrogen and oxygen atoms in total. The Morgan fingerprint density at radius 3 is 2.63 bits per heavy atom. The van der Waals surface area contributed by atoms with Crippen LogP contribution in [-0.2, 0) is 9.63 Å². The highest BCUT2D eigenvalue weighted by Gasteiger charge is 2.41. The lowest BCUT2D eigenvalue weighted by Gasteiger charge is -2.30. The van der Waals surface area contributed by atoms with Crippen molar-refractivity contribution in [3.8, 4) is 0 Å². The van der Waals surface area contributed by atoms with Gasteiger partial charge in [-0.15, -0.1) is 0 Å². The van der Waals surface area contributed by atoms with Crippen molar-refractivity contribution in [3.63, 3.8) is 0 Å². The molecule has 1 aliphatic heterocycles. The van der Waals surface area contributed by atoms with Gasteiger partial charge in [0.05, 0.1) is 0 Å². The Hall–Kier alpha value is -1.33. The molecule has 0 N–H and O–H groups in total. The zero-order chi connectivity index (χ0) is 14.2. The zero-order valence-corrected chi connectivity index (χ0v) is 13.3. The van der Waals surface area contributed by atoms with Gasteiger partial charge < -0.3 is 9.40 Å². The van der Waals surface area contributed by atoms with E-state index in [1.54, 1.807) is 12.1 Å². The van der Waals surface area contributed by atoms with Crippen LogP contribution in [0.2, 0.25) is 24.7 Å². The molecular weight excluding hydrogens is 280 g/mol. The van der Waals surface area contributed by atoms with E-state index in [0.717, 1.165) is 11.3 Å². The van der Waals surface area contributed by atoms with Gasteiger partial charge in [-0.1, -0.05) is 36.4 Å². The molecule has 1 amide bonds. The standard InChI is InChI=1S/C13H17ClN2O2Si/c1-5-18-15-12-10-8-9(14)6-7-11(10)16(13(12)17)19(2,3)4/h6-8H,5H2,1-4H3/b15-12+. The quantitative estimate of drug-likeness (QED) is 0.634. The van der Waals surface area contributed by atoms with E-state index < -0.39 is 8.24 Å². The summed E-state index contributed by atoms with van der Waals surface area (Å²) < 4.78 is 1.86. The fourth-order valence-corrected chi connectivity index (χ4v) is 3.91. The van der Waals surface area contributed by atoms with Gasteiger partial charge in [0.1, 0.15) is 6.61 Å². The number of anilines is 1. The van der Waals surface area contributed by atoms with E-state index in [4.69, 9.17) is 16.4 Å². The van der Waals surface area contributed by atoms with E-state index >= 15 is 0 Å². The first-order chi connectivity index (χ1) is 8.86. The average Bonchev–Trinajstić information content (AvgIpc) is 2.58. The lowest BCUT2D eigenvalue weighted by Crippen LogP contribution is -2.49. The summed E-state index contributed by atoms with van der Waals surface area (Å²) in [6, 6.07) is 5.44. The van der Waals surface area contributed by atoms with Gasteiger partial charge in [0.2, 0.25) is 0 Å². The Labute approximate surface area is 119 Å². The van der Waals surface area contributed by atoms with Crippen molar-refractivity contribution in [2.45, 2.75) is 26.6 Å². The second-order valence-corrected chi connectivity index (χ2v) is 10.6. The lowest BCUT2D eigenvalue weighted by atomic mass is 10.1. The molecule has 0 spiro atoms. The van der Waals surface area contributed by atoms with E-state index in [2.05, 4.69) is 24.8 Å². The smallest absolute Gasteiger partial charge is 0.273 e. The maximum absolute atomic E-state index is 12.5. The number of fused-ring (bicyclic) bond motifs is 1. The summed E-state index contributed by atoms with van der Waals surface area (Å²) in [5, 5.41) is 4.55. The summed E-state index contributed by atoms with van der Waals surface area (Å²) in [7, 11) is -1.83. The van der Waals surface area contributed by atoms with Gasteiger partial charge >= 0.3 is 0 Å². The fraction of sp³-hybridized carbons (Fsp3) is 0.385. The van der Waals surface area contributed by atoms with Crippen molar-refractivity contribution in [3.05, 3.63) is 28.8 Å². The average molecular weight is 297 g/mol. The maximum Gasteiger partial charge on any atom is 0.273 e. The Morgan fingerprint density at radius 2 is 2.05 bits per heavy atom. The molecule has 102 valence electrons. The summed E-state index contributed by atoms with van der Waals surface area (Å²) >= 11 is 6.02. The van der Waals surface area contributed by atoms with Crippen LogP contribution in [0.25, 0.3) is 0 Å². The molecule has 0 aliphatic carbocycles. The number of carbonyl (C=O) groups excluding carboxylic acids is 1. The molecule has 0 saturated heterocycles. The van der Waals surface area contributed by atoms with Crippen LogP contribution < -0.4 is 4.57 Å². The van der Waals surface area contributed by atoms with Crippen LogP contribution >= 0.6 is 11.6 Å². The summed E-state index contributed by atoms with van der Waals surface area (Å²) in [5.74, 6) is -0.0927. The van der Waals surface area contributed by atoms with Crippen molar-refractivity contribution >= 4 is 37.1 Å². The van der Waals surface area contributed by atoms with Crippen molar-refractivity contribution in [2.75, 3.05) is 11.2 Å². The normalized spacial score (nSPS) is 17.0. The number of hydrogen-bond acceptors (Lipinski definition) is 3. The molecular formula is C13H17ClN2O2Si. The third kappa shape index (κ3) is 2.53. The van der Waals surface area contributed by atoms with Crippen molar-refractivity contribution < 1.29 is 9.63 Å². The summed E-state index contributed by atoms with van der Waals surface area (Å²) in [6.07, 6.45) is 0. The van der Waals surface area contributed by atoms with Crippen LogP contribution in [-0.4, -0.2) is 26.5 Å². The third-order valence-electron chi connectivity index (χ3n) is 2.82. The molecule has 0 radical (unpaired) electrons. The number of oxime groups is 1. The molecule has 6 heteroatoms. The van der Waals surface area contributed by atoms with E-state index in [1.807, 2.05) is 17.6 Å². The highest BCUT2D eigenvalue weighted by atomic mass is 35.5. The van der Waals surface area contributed by atoms with Gasteiger partial charge in [-0.25, -0.2) is 0 Å². The van der Waals surface area contributed by atoms with Gasteiger partial charge in [0.15, 0.2) is 13.9 Å². The molecule has 0 saturated carbocycles. The van der Waals surface area contributed by atoms with Crippen molar-refractivity contribution in [1.29, 1.82) is 0 Å². The molecule has 19 heavy (non-hydrogen) atoms. The molecule has 0 unspecified atom stereocenters. The number of benzene rings is 1. The van der Waals surface area contributed by atoms with Crippen LogP contribution in [0.15, 0.2) is 23.4 Å². The number of carbonyl (C=O) groups is 1. The largest absolute Gasteiger partial charge is 0.395 e. The van der Waals surface area contributed by atoms with Gasteiger partial charge in [0, 0.05) is 16.3 Å². The Bertz CT molecular complexity index is 552. The molecule has 0 bridgehead atoms. The predicted molar refractivity (Wildman–Crippen MR) is 80.4 cm³/mol. The summed E-state index contributed by atoms with van der Waals surface area (Å²) in [4.78, 5) is 17.6. The molecule has 0 aromatic heterocycles. The van der Waals surface area contributed by atoms with E-state index in [-0.39, 0.29) is 5.91 Å². The zero-order valence-electron chi connectivity index (χ0n) is 11.5. The van der Waals surface area contributed by atoms with Gasteiger partial charge in [0.25, 0.3) is 5.91 Å². The molecule has 0 atom stereocenters. The van der Waals surface area contributed by atoms with Crippen LogP contribution in [0.1, 0.15) is 12.5 Å².